The van der Waals surface area contributed by atoms with Crippen LogP contribution in [0, 0.1) is 6.92 Å². The fourth-order valence-corrected chi connectivity index (χ4v) is 1.87. The molecule has 1 aromatic rings. The summed E-state index contributed by atoms with van der Waals surface area (Å²) in [5, 5.41) is 0. The minimum Gasteiger partial charge on any atom is -0.466 e. The van der Waals surface area contributed by atoms with Crippen LogP contribution in [0.3, 0.4) is 0 Å². The van der Waals surface area contributed by atoms with Gasteiger partial charge in [0.05, 0.1) is 18.7 Å². The fourth-order valence-electron chi connectivity index (χ4n) is 1.87. The summed E-state index contributed by atoms with van der Waals surface area (Å²) in [4.78, 5) is 37.5. The topological polar surface area (TPSA) is 85.5 Å². The van der Waals surface area contributed by atoms with Gasteiger partial charge in [0, 0.05) is 0 Å². The fraction of sp³-hybridized carbons (Fsp3) is 0.611. The van der Waals surface area contributed by atoms with Crippen molar-refractivity contribution in [3.63, 3.8) is 0 Å². The third kappa shape index (κ3) is 6.98. The number of aromatic amines is 1. The molecule has 0 amide bonds. The van der Waals surface area contributed by atoms with Crippen molar-refractivity contribution in [2.45, 2.75) is 67.9 Å². The molecule has 1 N–H and O–H groups in total. The summed E-state index contributed by atoms with van der Waals surface area (Å²) in [5.41, 5.74) is 0.730. The van der Waals surface area contributed by atoms with Crippen LogP contribution in [0.5, 0.6) is 0 Å². The maximum Gasteiger partial charge on any atom is 0.355 e. The highest BCUT2D eigenvalue weighted by Crippen LogP contribution is 2.21. The Balaban J connectivity index is 0. The summed E-state index contributed by atoms with van der Waals surface area (Å²) in [5.74, 6) is -1.00. The maximum atomic E-state index is 12.1. The third-order valence-corrected chi connectivity index (χ3v) is 2.76. The first-order chi connectivity index (χ1) is 10.7. The predicted octanol–water partition coefficient (Wildman–Crippen LogP) is 3.86. The molecule has 1 rings (SSSR count). The van der Waals surface area contributed by atoms with E-state index in [0.29, 0.717) is 17.4 Å². The number of rotatable bonds is 5. The van der Waals surface area contributed by atoms with Crippen molar-refractivity contribution in [3.05, 3.63) is 22.5 Å². The monoisotopic (exact) mass is 341 g/mol. The minimum atomic E-state index is -0.642. The number of aromatic nitrogens is 1. The molecule has 0 radical (unpaired) electrons. The smallest absolute Gasteiger partial charge is 0.355 e. The highest BCUT2D eigenvalue weighted by Gasteiger charge is 2.25. The molecule has 138 valence electrons. The van der Waals surface area contributed by atoms with E-state index in [1.165, 1.54) is 0 Å². The molecule has 0 aromatic carbocycles. The Morgan fingerprint density at radius 3 is 2.17 bits per heavy atom. The van der Waals surface area contributed by atoms with E-state index in [-0.39, 0.29) is 31.8 Å². The second-order valence-electron chi connectivity index (χ2n) is 5.62. The Hall–Kier alpha value is -2.11. The summed E-state index contributed by atoms with van der Waals surface area (Å²) in [6, 6.07) is 0. The van der Waals surface area contributed by atoms with Crippen molar-refractivity contribution in [1.29, 1.82) is 0 Å². The Bertz CT molecular complexity index is 552. The van der Waals surface area contributed by atoms with Crippen LogP contribution in [-0.2, 0) is 20.7 Å². The van der Waals surface area contributed by atoms with Crippen LogP contribution in [0.15, 0.2) is 0 Å². The molecule has 0 bridgehead atoms. The maximum absolute atomic E-state index is 12.1. The van der Waals surface area contributed by atoms with Gasteiger partial charge in [-0.15, -0.1) is 0 Å². The van der Waals surface area contributed by atoms with Crippen LogP contribution < -0.4 is 0 Å². The molecule has 0 atom stereocenters. The van der Waals surface area contributed by atoms with Gasteiger partial charge in [0.2, 0.25) is 0 Å². The quantitative estimate of drug-likeness (QED) is 0.649. The van der Waals surface area contributed by atoms with Gasteiger partial charge in [-0.05, 0) is 45.7 Å². The molecular formula is C18H31NO5. The lowest BCUT2D eigenvalue weighted by atomic mass is 10.1. The second-order valence-corrected chi connectivity index (χ2v) is 5.62. The summed E-state index contributed by atoms with van der Waals surface area (Å²) in [6.07, 6.45) is 0.516. The number of ether oxygens (including phenoxy) is 2. The number of hydrogen-bond donors (Lipinski definition) is 1. The van der Waals surface area contributed by atoms with Gasteiger partial charge in [-0.3, -0.25) is 9.59 Å². The van der Waals surface area contributed by atoms with Crippen molar-refractivity contribution >= 4 is 18.2 Å². The molecule has 0 saturated carbocycles. The first-order valence-electron chi connectivity index (χ1n) is 7.75. The van der Waals surface area contributed by atoms with Gasteiger partial charge in [-0.1, -0.05) is 21.3 Å². The van der Waals surface area contributed by atoms with Gasteiger partial charge in [-0.25, -0.2) is 4.79 Å². The molecular weight excluding hydrogens is 310 g/mol. The van der Waals surface area contributed by atoms with Crippen molar-refractivity contribution < 1.29 is 23.9 Å². The average molecular weight is 341 g/mol. The zero-order valence-electron chi connectivity index (χ0n) is 15.0. The average Bonchev–Trinajstić information content (AvgIpc) is 2.76. The molecule has 1 heterocycles. The second kappa shape index (κ2) is 10.6. The lowest BCUT2D eigenvalue weighted by Crippen LogP contribution is -2.24. The third-order valence-electron chi connectivity index (χ3n) is 2.76. The lowest BCUT2D eigenvalue weighted by Gasteiger charge is -2.19. The van der Waals surface area contributed by atoms with Gasteiger partial charge in [0.15, 0.2) is 6.29 Å². The predicted molar refractivity (Wildman–Crippen MR) is 94.5 cm³/mol. The number of esters is 2. The largest absolute Gasteiger partial charge is 0.466 e. The van der Waals surface area contributed by atoms with Crippen LogP contribution in [0.4, 0.5) is 0 Å². The van der Waals surface area contributed by atoms with Crippen LogP contribution in [0.25, 0.3) is 0 Å². The van der Waals surface area contributed by atoms with E-state index in [2.05, 4.69) is 4.98 Å². The van der Waals surface area contributed by atoms with E-state index in [4.69, 9.17) is 9.47 Å². The zero-order valence-corrected chi connectivity index (χ0v) is 15.0. The number of nitrogens with one attached hydrogen (secondary N) is 1. The molecule has 0 saturated heterocycles. The van der Waals surface area contributed by atoms with E-state index in [1.807, 2.05) is 13.8 Å². The van der Waals surface area contributed by atoms with E-state index in [1.54, 1.807) is 34.6 Å². The highest BCUT2D eigenvalue weighted by molar-refractivity contribution is 5.93. The molecule has 0 aliphatic carbocycles. The number of hydrogen-bond acceptors (Lipinski definition) is 5. The van der Waals surface area contributed by atoms with Crippen LogP contribution in [0.1, 0.15) is 81.1 Å². The molecule has 6 nitrogen and oxygen atoms in total. The Morgan fingerprint density at radius 1 is 1.21 bits per heavy atom. The normalized spacial score (nSPS) is 9.96. The van der Waals surface area contributed by atoms with Gasteiger partial charge in [-0.2, -0.15) is 0 Å². The van der Waals surface area contributed by atoms with Crippen LogP contribution in [-0.4, -0.2) is 35.4 Å². The van der Waals surface area contributed by atoms with Gasteiger partial charge >= 0.3 is 11.9 Å². The SMILES string of the molecule is C.CC.CCOC(=O)Cc1c(C=O)[nH]c(C(=O)OC(C)(C)C)c1C. The minimum absolute atomic E-state index is 0. The molecule has 24 heavy (non-hydrogen) atoms. The van der Waals surface area contributed by atoms with Gasteiger partial charge in [0.1, 0.15) is 11.3 Å². The van der Waals surface area contributed by atoms with Crippen LogP contribution >= 0.6 is 0 Å². The number of carbonyl (C=O) groups excluding carboxylic acids is 3. The molecule has 0 spiro atoms. The number of aldehydes is 1. The molecule has 0 aliphatic heterocycles. The lowest BCUT2D eigenvalue weighted by molar-refractivity contribution is -0.142. The summed E-state index contributed by atoms with van der Waals surface area (Å²) in [7, 11) is 0. The van der Waals surface area contributed by atoms with E-state index < -0.39 is 17.5 Å². The van der Waals surface area contributed by atoms with E-state index >= 15 is 0 Å². The highest BCUT2D eigenvalue weighted by atomic mass is 16.6. The zero-order chi connectivity index (χ0) is 18.2. The summed E-state index contributed by atoms with van der Waals surface area (Å²) in [6.45, 7) is 12.9. The van der Waals surface area contributed by atoms with Gasteiger partial charge < -0.3 is 14.5 Å². The Labute approximate surface area is 144 Å². The van der Waals surface area contributed by atoms with Crippen molar-refractivity contribution in [2.75, 3.05) is 6.61 Å². The van der Waals surface area contributed by atoms with Crippen molar-refractivity contribution in [2.24, 2.45) is 0 Å². The van der Waals surface area contributed by atoms with Crippen LogP contribution in [0.2, 0.25) is 0 Å². The van der Waals surface area contributed by atoms with E-state index in [0.717, 1.165) is 0 Å². The van der Waals surface area contributed by atoms with Gasteiger partial charge in [0.25, 0.3) is 0 Å². The summed E-state index contributed by atoms with van der Waals surface area (Å²) < 4.78 is 10.1. The standard InChI is InChI=1S/C15H21NO5.C2H6.CH4/c1-6-20-12(18)7-10-9(2)13(16-11(10)8-17)14(19)21-15(3,4)5;1-2;/h8,16H,6-7H2,1-5H3;1-2H3;1H4. The number of H-pyrrole nitrogens is 1. The molecule has 0 fully saturated rings. The Morgan fingerprint density at radius 2 is 1.75 bits per heavy atom. The molecule has 0 unspecified atom stereocenters. The molecule has 0 aliphatic rings. The van der Waals surface area contributed by atoms with Crippen molar-refractivity contribution in [3.8, 4) is 0 Å². The molecule has 1 aromatic heterocycles. The van der Waals surface area contributed by atoms with E-state index in [9.17, 15) is 14.4 Å². The summed E-state index contributed by atoms with van der Waals surface area (Å²) >= 11 is 0. The first-order valence-corrected chi connectivity index (χ1v) is 7.75. The first kappa shape index (κ1) is 24.1. The number of carbonyl (C=O) groups is 3. The Kier molecular flexibility index (Phi) is 10.7. The molecule has 6 heteroatoms. The van der Waals surface area contributed by atoms with Crippen molar-refractivity contribution in [1.82, 2.24) is 4.98 Å².